The second kappa shape index (κ2) is 6.57. The number of hydrogen-bond acceptors (Lipinski definition) is 3. The van der Waals surface area contributed by atoms with Crippen LogP contribution in [0.1, 0.15) is 11.6 Å². The average Bonchev–Trinajstić information content (AvgIpc) is 2.24. The summed E-state index contributed by atoms with van der Waals surface area (Å²) < 4.78 is 5.90. The van der Waals surface area contributed by atoms with E-state index in [0.717, 1.165) is 10.0 Å². The van der Waals surface area contributed by atoms with Crippen LogP contribution in [-0.2, 0) is 4.74 Å². The average molecular weight is 269 g/mol. The molecule has 1 rings (SSSR count). The van der Waals surface area contributed by atoms with Crippen molar-refractivity contribution >= 4 is 15.9 Å². The first-order chi connectivity index (χ1) is 7.27. The molecule has 80 valence electrons. The number of nitrogens with one attached hydrogen (secondary N) is 1. The van der Waals surface area contributed by atoms with Gasteiger partial charge in [-0.25, -0.2) is 0 Å². The van der Waals surface area contributed by atoms with Gasteiger partial charge in [0.15, 0.2) is 0 Å². The van der Waals surface area contributed by atoms with E-state index in [4.69, 9.17) is 10.00 Å². The number of hydrogen-bond donors (Lipinski definition) is 1. The maximum Gasteiger partial charge on any atom is 0.121 e. The Morgan fingerprint density at radius 3 is 3.00 bits per heavy atom. The minimum absolute atomic E-state index is 0.280. The Morgan fingerprint density at radius 2 is 2.40 bits per heavy atom. The number of benzene rings is 1. The summed E-state index contributed by atoms with van der Waals surface area (Å²) in [7, 11) is 1.64. The number of ether oxygens (including phenoxy) is 1. The van der Waals surface area contributed by atoms with E-state index in [1.165, 1.54) is 0 Å². The number of halogens is 1. The third-order valence-electron chi connectivity index (χ3n) is 1.97. The second-order valence-corrected chi connectivity index (χ2v) is 3.98. The zero-order valence-corrected chi connectivity index (χ0v) is 10.1. The Labute approximate surface area is 98.2 Å². The molecule has 0 radical (unpaired) electrons. The summed E-state index contributed by atoms with van der Waals surface area (Å²) in [5, 5.41) is 12.1. The Morgan fingerprint density at radius 1 is 1.60 bits per heavy atom. The molecule has 1 aromatic carbocycles. The van der Waals surface area contributed by atoms with E-state index in [9.17, 15) is 0 Å². The minimum atomic E-state index is -0.280. The van der Waals surface area contributed by atoms with Crippen LogP contribution in [0.4, 0.5) is 0 Å². The van der Waals surface area contributed by atoms with Crippen LogP contribution in [0.25, 0.3) is 0 Å². The van der Waals surface area contributed by atoms with Crippen molar-refractivity contribution in [1.29, 1.82) is 5.26 Å². The predicted molar refractivity (Wildman–Crippen MR) is 62.4 cm³/mol. The van der Waals surface area contributed by atoms with Gasteiger partial charge >= 0.3 is 0 Å². The molecular formula is C11H13BrN2O. The second-order valence-electron chi connectivity index (χ2n) is 3.06. The van der Waals surface area contributed by atoms with Crippen LogP contribution in [0.2, 0.25) is 0 Å². The number of nitrogens with zero attached hydrogens (tertiary/aromatic N) is 1. The van der Waals surface area contributed by atoms with E-state index >= 15 is 0 Å². The van der Waals surface area contributed by atoms with Crippen molar-refractivity contribution in [3.8, 4) is 6.07 Å². The van der Waals surface area contributed by atoms with Crippen molar-refractivity contribution in [1.82, 2.24) is 5.32 Å². The Balaban J connectivity index is 2.63. The number of nitriles is 1. The Kier molecular flexibility index (Phi) is 5.33. The van der Waals surface area contributed by atoms with Crippen molar-refractivity contribution in [2.45, 2.75) is 6.04 Å². The summed E-state index contributed by atoms with van der Waals surface area (Å²) in [6.45, 7) is 1.27. The van der Waals surface area contributed by atoms with Gasteiger partial charge in [-0.2, -0.15) is 5.26 Å². The lowest BCUT2D eigenvalue weighted by Crippen LogP contribution is -2.23. The van der Waals surface area contributed by atoms with Crippen molar-refractivity contribution in [2.24, 2.45) is 0 Å². The maximum absolute atomic E-state index is 9.00. The molecule has 0 spiro atoms. The molecule has 0 saturated carbocycles. The highest BCUT2D eigenvalue weighted by molar-refractivity contribution is 9.10. The summed E-state index contributed by atoms with van der Waals surface area (Å²) in [5.74, 6) is 0. The maximum atomic E-state index is 9.00. The fourth-order valence-electron chi connectivity index (χ4n) is 1.23. The summed E-state index contributed by atoms with van der Waals surface area (Å²) in [4.78, 5) is 0. The van der Waals surface area contributed by atoms with Gasteiger partial charge < -0.3 is 4.74 Å². The fourth-order valence-corrected chi connectivity index (χ4v) is 1.65. The van der Waals surface area contributed by atoms with Gasteiger partial charge in [0, 0.05) is 18.1 Å². The lowest BCUT2D eigenvalue weighted by Gasteiger charge is -2.11. The molecule has 0 aliphatic carbocycles. The number of methoxy groups -OCH3 is 1. The molecule has 1 aromatic rings. The highest BCUT2D eigenvalue weighted by Crippen LogP contribution is 2.17. The Hall–Kier alpha value is -0.890. The monoisotopic (exact) mass is 268 g/mol. The highest BCUT2D eigenvalue weighted by Gasteiger charge is 2.08. The smallest absolute Gasteiger partial charge is 0.121 e. The van der Waals surface area contributed by atoms with Crippen LogP contribution in [0.5, 0.6) is 0 Å². The van der Waals surface area contributed by atoms with Crippen LogP contribution >= 0.6 is 15.9 Å². The van der Waals surface area contributed by atoms with Crippen molar-refractivity contribution < 1.29 is 4.74 Å². The van der Waals surface area contributed by atoms with Gasteiger partial charge in [-0.1, -0.05) is 28.1 Å². The molecule has 0 aliphatic heterocycles. The zero-order valence-electron chi connectivity index (χ0n) is 8.53. The molecule has 1 unspecified atom stereocenters. The zero-order chi connectivity index (χ0) is 11.1. The quantitative estimate of drug-likeness (QED) is 0.834. The van der Waals surface area contributed by atoms with Gasteiger partial charge in [-0.15, -0.1) is 0 Å². The minimum Gasteiger partial charge on any atom is -0.383 e. The molecule has 0 fully saturated rings. The highest BCUT2D eigenvalue weighted by atomic mass is 79.9. The molecule has 0 amide bonds. The van der Waals surface area contributed by atoms with E-state index in [1.807, 2.05) is 24.3 Å². The first kappa shape index (κ1) is 12.2. The normalized spacial score (nSPS) is 12.1. The molecule has 4 heteroatoms. The molecule has 15 heavy (non-hydrogen) atoms. The molecule has 3 nitrogen and oxygen atoms in total. The van der Waals surface area contributed by atoms with Gasteiger partial charge in [-0.3, -0.25) is 5.32 Å². The SMILES string of the molecule is COCCNC(C#N)c1cccc(Br)c1. The number of rotatable bonds is 5. The van der Waals surface area contributed by atoms with Crippen LogP contribution < -0.4 is 5.32 Å². The Bertz CT molecular complexity index is 349. The van der Waals surface area contributed by atoms with Crippen molar-refractivity contribution in [2.75, 3.05) is 20.3 Å². The molecule has 0 heterocycles. The third kappa shape index (κ3) is 4.00. The van der Waals surface area contributed by atoms with Crippen LogP contribution in [0, 0.1) is 11.3 Å². The summed E-state index contributed by atoms with van der Waals surface area (Å²) >= 11 is 3.38. The topological polar surface area (TPSA) is 45.0 Å². The standard InChI is InChI=1S/C11H13BrN2O/c1-15-6-5-14-11(8-13)9-3-2-4-10(12)7-9/h2-4,7,11,14H,5-6H2,1H3. The lowest BCUT2D eigenvalue weighted by molar-refractivity contribution is 0.198. The van der Waals surface area contributed by atoms with Gasteiger partial charge in [0.2, 0.25) is 0 Å². The summed E-state index contributed by atoms with van der Waals surface area (Å²) in [6, 6.07) is 9.66. The van der Waals surface area contributed by atoms with E-state index in [-0.39, 0.29) is 6.04 Å². The fraction of sp³-hybridized carbons (Fsp3) is 0.364. The molecule has 0 saturated heterocycles. The van der Waals surface area contributed by atoms with E-state index in [2.05, 4.69) is 27.3 Å². The molecule has 0 bridgehead atoms. The summed E-state index contributed by atoms with van der Waals surface area (Å²) in [6.07, 6.45) is 0. The van der Waals surface area contributed by atoms with E-state index in [0.29, 0.717) is 13.2 Å². The molecule has 0 aliphatic rings. The van der Waals surface area contributed by atoms with Crippen LogP contribution in [-0.4, -0.2) is 20.3 Å². The molecule has 1 N–H and O–H groups in total. The van der Waals surface area contributed by atoms with E-state index in [1.54, 1.807) is 7.11 Å². The van der Waals surface area contributed by atoms with Gasteiger partial charge in [0.1, 0.15) is 6.04 Å². The van der Waals surface area contributed by atoms with Crippen LogP contribution in [0.3, 0.4) is 0 Å². The predicted octanol–water partition coefficient (Wildman–Crippen LogP) is 2.25. The van der Waals surface area contributed by atoms with Gasteiger partial charge in [-0.05, 0) is 17.7 Å². The molecule has 1 atom stereocenters. The van der Waals surface area contributed by atoms with Crippen molar-refractivity contribution in [3.63, 3.8) is 0 Å². The first-order valence-corrected chi connectivity index (χ1v) is 5.44. The lowest BCUT2D eigenvalue weighted by atomic mass is 10.1. The van der Waals surface area contributed by atoms with Gasteiger partial charge in [0.05, 0.1) is 12.7 Å². The summed E-state index contributed by atoms with van der Waals surface area (Å²) in [5.41, 5.74) is 0.961. The van der Waals surface area contributed by atoms with E-state index < -0.39 is 0 Å². The largest absolute Gasteiger partial charge is 0.383 e. The van der Waals surface area contributed by atoms with Crippen molar-refractivity contribution in [3.05, 3.63) is 34.3 Å². The molecular weight excluding hydrogens is 256 g/mol. The first-order valence-electron chi connectivity index (χ1n) is 4.65. The van der Waals surface area contributed by atoms with Crippen LogP contribution in [0.15, 0.2) is 28.7 Å². The third-order valence-corrected chi connectivity index (χ3v) is 2.46. The molecule has 0 aromatic heterocycles. The van der Waals surface area contributed by atoms with Gasteiger partial charge in [0.25, 0.3) is 0 Å².